The first-order valence-corrected chi connectivity index (χ1v) is 12.6. The van der Waals surface area contributed by atoms with Crippen LogP contribution in [0.15, 0.2) is 42.6 Å². The summed E-state index contributed by atoms with van der Waals surface area (Å²) in [4.78, 5) is 11.0. The number of nitriles is 1. The van der Waals surface area contributed by atoms with Gasteiger partial charge in [0.05, 0.1) is 28.7 Å². The zero-order valence-electron chi connectivity index (χ0n) is 20.2. The molecule has 1 unspecified atom stereocenters. The third-order valence-corrected chi connectivity index (χ3v) is 6.67. The molecule has 2 heterocycles. The molecule has 36 heavy (non-hydrogen) atoms. The third kappa shape index (κ3) is 5.64. The number of aromatic nitrogens is 2. The van der Waals surface area contributed by atoms with Gasteiger partial charge < -0.3 is 9.64 Å². The summed E-state index contributed by atoms with van der Waals surface area (Å²) in [5.41, 5.74) is 7.67. The van der Waals surface area contributed by atoms with Gasteiger partial charge in [-0.3, -0.25) is 0 Å². The van der Waals surface area contributed by atoms with Gasteiger partial charge in [0.15, 0.2) is 5.75 Å². The summed E-state index contributed by atoms with van der Waals surface area (Å²) in [7, 11) is 1.45. The number of alkyl halides is 1. The molecule has 11 heteroatoms. The summed E-state index contributed by atoms with van der Waals surface area (Å²) < 4.78 is 4.83. The predicted molar refractivity (Wildman–Crippen MR) is 143 cm³/mol. The first-order chi connectivity index (χ1) is 17.0. The highest BCUT2D eigenvalue weighted by Gasteiger charge is 2.27. The Morgan fingerprint density at radius 2 is 1.97 bits per heavy atom. The smallest absolute Gasteiger partial charge is 0.273 e. The zero-order chi connectivity index (χ0) is 26.1. The van der Waals surface area contributed by atoms with Crippen LogP contribution in [-0.4, -0.2) is 38.9 Å². The lowest BCUT2D eigenvalue weighted by atomic mass is 9.77. The number of hydrogen-bond acceptors (Lipinski definition) is 8. The SMILES string of the molecule is CC(C)(c1ccc(N2Cc3cnc(N[N+](C)(O)S)nc3C2)cc1)c1cc(Cl)c(OCCCl)c(C#N)c1. The Kier molecular flexibility index (Phi) is 7.55. The van der Waals surface area contributed by atoms with Gasteiger partial charge in [-0.25, -0.2) is 9.97 Å². The number of anilines is 2. The van der Waals surface area contributed by atoms with E-state index in [-0.39, 0.29) is 6.61 Å². The highest BCUT2D eigenvalue weighted by molar-refractivity contribution is 7.74. The van der Waals surface area contributed by atoms with Crippen LogP contribution in [0.5, 0.6) is 5.75 Å². The van der Waals surface area contributed by atoms with Crippen LogP contribution in [0.4, 0.5) is 11.6 Å². The van der Waals surface area contributed by atoms with Crippen LogP contribution >= 0.6 is 36.0 Å². The van der Waals surface area contributed by atoms with Gasteiger partial charge in [-0.1, -0.05) is 37.6 Å². The van der Waals surface area contributed by atoms with E-state index in [9.17, 15) is 10.5 Å². The van der Waals surface area contributed by atoms with Gasteiger partial charge in [0.2, 0.25) is 0 Å². The second-order valence-corrected chi connectivity index (χ2v) is 10.8. The van der Waals surface area contributed by atoms with E-state index >= 15 is 0 Å². The van der Waals surface area contributed by atoms with Crippen molar-refractivity contribution >= 4 is 47.7 Å². The largest absolute Gasteiger partial charge is 0.489 e. The number of fused-ring (bicyclic) bond motifs is 1. The molecule has 1 atom stereocenters. The number of thiol groups is 1. The quantitative estimate of drug-likeness (QED) is 0.149. The van der Waals surface area contributed by atoms with E-state index in [4.69, 9.17) is 27.9 Å². The first kappa shape index (κ1) is 26.3. The number of quaternary nitrogens is 1. The van der Waals surface area contributed by atoms with Gasteiger partial charge in [-0.05, 0) is 39.6 Å². The number of halogens is 2. The topological polar surface area (TPSA) is 94.3 Å². The van der Waals surface area contributed by atoms with Crippen LogP contribution in [-0.2, 0) is 18.5 Å². The Balaban J connectivity index is 1.54. The maximum absolute atomic E-state index is 9.78. The van der Waals surface area contributed by atoms with Gasteiger partial charge in [0.1, 0.15) is 32.5 Å². The van der Waals surface area contributed by atoms with Crippen molar-refractivity contribution in [3.8, 4) is 11.8 Å². The minimum atomic E-state index is -0.760. The number of nitrogens with one attached hydrogen (secondary N) is 1. The van der Waals surface area contributed by atoms with E-state index in [1.54, 1.807) is 6.20 Å². The fraction of sp³-hybridized carbons (Fsp3) is 0.320. The van der Waals surface area contributed by atoms with Gasteiger partial charge in [0, 0.05) is 29.4 Å². The number of hydrogen-bond donors (Lipinski definition) is 3. The molecule has 8 nitrogen and oxygen atoms in total. The molecule has 1 aliphatic rings. The molecule has 0 saturated carbocycles. The summed E-state index contributed by atoms with van der Waals surface area (Å²) in [6.45, 7) is 5.79. The van der Waals surface area contributed by atoms with Crippen molar-refractivity contribution in [2.24, 2.45) is 0 Å². The molecule has 188 valence electrons. The van der Waals surface area contributed by atoms with Crippen LogP contribution in [0.25, 0.3) is 0 Å². The molecule has 0 fully saturated rings. The molecule has 2 aromatic carbocycles. The minimum absolute atomic E-state index is 0.277. The molecule has 4 rings (SSSR count). The Labute approximate surface area is 226 Å². The molecule has 3 aromatic rings. The molecule has 0 radical (unpaired) electrons. The van der Waals surface area contributed by atoms with E-state index in [0.29, 0.717) is 41.3 Å². The molecular weight excluding hydrogens is 519 g/mol. The summed E-state index contributed by atoms with van der Waals surface area (Å²) in [5.74, 6) is 0.980. The lowest BCUT2D eigenvalue weighted by molar-refractivity contribution is -0.955. The molecule has 1 aliphatic heterocycles. The maximum Gasteiger partial charge on any atom is 0.273 e. The van der Waals surface area contributed by atoms with Crippen molar-refractivity contribution < 1.29 is 14.1 Å². The second kappa shape index (κ2) is 10.3. The molecule has 0 aliphatic carbocycles. The Morgan fingerprint density at radius 1 is 1.25 bits per heavy atom. The predicted octanol–water partition coefficient (Wildman–Crippen LogP) is 5.47. The monoisotopic (exact) mass is 545 g/mol. The van der Waals surface area contributed by atoms with Crippen molar-refractivity contribution in [1.29, 1.82) is 5.26 Å². The van der Waals surface area contributed by atoms with E-state index in [1.807, 2.05) is 12.1 Å². The summed E-state index contributed by atoms with van der Waals surface area (Å²) in [6, 6.07) is 14.2. The normalized spacial score (nSPS) is 14.7. The average molecular weight is 547 g/mol. The standard InChI is InChI=1S/C25H27Cl2N6O2S/c1-25(2,19-10-16(12-28)23(21(27)11-19)35-9-8-26)18-4-6-20(7-5-18)32-14-17-13-29-24(30-22(17)15-32)31-33(3,34)36/h4-7,10-11,13,34,36H,8-9,14-15H2,1-3H3,(H,29,30,31)/q+1. The fourth-order valence-corrected chi connectivity index (χ4v) is 4.60. The van der Waals surface area contributed by atoms with E-state index in [1.165, 1.54) is 7.05 Å². The van der Waals surface area contributed by atoms with Crippen LogP contribution in [0, 0.1) is 11.3 Å². The number of hydroxylamine groups is 1. The summed E-state index contributed by atoms with van der Waals surface area (Å²) >= 11 is 16.2. The van der Waals surface area contributed by atoms with Crippen molar-refractivity contribution in [2.45, 2.75) is 32.4 Å². The van der Waals surface area contributed by atoms with Crippen molar-refractivity contribution in [3.63, 3.8) is 0 Å². The molecule has 0 bridgehead atoms. The van der Waals surface area contributed by atoms with Gasteiger partial charge in [-0.15, -0.1) is 11.6 Å². The van der Waals surface area contributed by atoms with E-state index < -0.39 is 9.58 Å². The van der Waals surface area contributed by atoms with Gasteiger partial charge in [-0.2, -0.15) is 15.9 Å². The second-order valence-electron chi connectivity index (χ2n) is 9.20. The zero-order valence-corrected chi connectivity index (χ0v) is 22.6. The average Bonchev–Trinajstić information content (AvgIpc) is 3.25. The van der Waals surface area contributed by atoms with E-state index in [2.05, 4.69) is 77.3 Å². The van der Waals surface area contributed by atoms with Crippen LogP contribution in [0.2, 0.25) is 5.02 Å². The molecule has 0 saturated heterocycles. The Bertz CT molecular complexity index is 1310. The molecule has 0 spiro atoms. The molecule has 2 N–H and O–H groups in total. The lowest BCUT2D eigenvalue weighted by Crippen LogP contribution is -2.36. The lowest BCUT2D eigenvalue weighted by Gasteiger charge is -2.28. The summed E-state index contributed by atoms with van der Waals surface area (Å²) in [5, 5.41) is 19.8. The van der Waals surface area contributed by atoms with E-state index in [0.717, 1.165) is 28.1 Å². The van der Waals surface area contributed by atoms with Gasteiger partial charge >= 0.3 is 0 Å². The van der Waals surface area contributed by atoms with Crippen LogP contribution < -0.4 is 15.1 Å². The van der Waals surface area contributed by atoms with Crippen molar-refractivity contribution in [1.82, 2.24) is 9.97 Å². The summed E-state index contributed by atoms with van der Waals surface area (Å²) in [6.07, 6.45) is 1.77. The number of ether oxygens (including phenoxy) is 1. The number of rotatable bonds is 8. The van der Waals surface area contributed by atoms with Crippen molar-refractivity contribution in [3.05, 3.63) is 75.6 Å². The fourth-order valence-electron chi connectivity index (χ4n) is 4.16. The molecule has 0 amide bonds. The molecule has 1 aromatic heterocycles. The van der Waals surface area contributed by atoms with Gasteiger partial charge in [0.25, 0.3) is 5.95 Å². The Hall–Kier alpha value is -2.74. The van der Waals surface area contributed by atoms with Crippen LogP contribution in [0.3, 0.4) is 0 Å². The van der Waals surface area contributed by atoms with Crippen LogP contribution in [0.1, 0.15) is 41.8 Å². The third-order valence-electron chi connectivity index (χ3n) is 6.13. The molecular formula is C25H27Cl2N6O2S+. The Morgan fingerprint density at radius 3 is 2.61 bits per heavy atom. The number of benzene rings is 2. The minimum Gasteiger partial charge on any atom is -0.489 e. The highest BCUT2D eigenvalue weighted by Crippen LogP contribution is 2.39. The maximum atomic E-state index is 9.78. The first-order valence-electron chi connectivity index (χ1n) is 11.3. The highest BCUT2D eigenvalue weighted by atomic mass is 35.5. The van der Waals surface area contributed by atoms with Crippen molar-refractivity contribution in [2.75, 3.05) is 29.9 Å². The number of nitrogens with zero attached hydrogens (tertiary/aromatic N) is 5.